The van der Waals surface area contributed by atoms with E-state index in [4.69, 9.17) is 9.47 Å². The van der Waals surface area contributed by atoms with Gasteiger partial charge in [0.25, 0.3) is 0 Å². The van der Waals surface area contributed by atoms with Gasteiger partial charge in [0, 0.05) is 22.2 Å². The molecule has 0 aromatic carbocycles. The Morgan fingerprint density at radius 1 is 0.559 bits per heavy atom. The zero-order valence-corrected chi connectivity index (χ0v) is 22.8. The van der Waals surface area contributed by atoms with Crippen molar-refractivity contribution in [1.82, 2.24) is 21.3 Å². The van der Waals surface area contributed by atoms with Crippen molar-refractivity contribution in [2.24, 2.45) is 11.8 Å². The maximum Gasteiger partial charge on any atom is 0.316 e. The van der Waals surface area contributed by atoms with Crippen molar-refractivity contribution in [3.05, 3.63) is 0 Å². The Balaban J connectivity index is 1.30. The highest BCUT2D eigenvalue weighted by Crippen LogP contribution is 2.44. The minimum atomic E-state index is -0.490. The van der Waals surface area contributed by atoms with Gasteiger partial charge in [0.05, 0.1) is 11.3 Å². The molecule has 194 valence electrons. The van der Waals surface area contributed by atoms with Gasteiger partial charge in [-0.15, -0.1) is 0 Å². The second-order valence-corrected chi connectivity index (χ2v) is 13.6. The number of unbranched alkanes of at least 4 members (excludes halogenated alkanes) is 1. The van der Waals surface area contributed by atoms with Crippen molar-refractivity contribution in [1.29, 1.82) is 0 Å². The van der Waals surface area contributed by atoms with Gasteiger partial charge in [0.1, 0.15) is 24.0 Å². The van der Waals surface area contributed by atoms with Crippen LogP contribution in [-0.4, -0.2) is 57.6 Å². The molecule has 0 aliphatic carbocycles. The lowest BCUT2D eigenvalue weighted by Gasteiger charge is -2.46. The average Bonchev–Trinajstić information content (AvgIpc) is 2.86. The van der Waals surface area contributed by atoms with Gasteiger partial charge in [-0.2, -0.15) is 0 Å². The van der Waals surface area contributed by atoms with Gasteiger partial charge < -0.3 is 9.47 Å². The van der Waals surface area contributed by atoms with Crippen LogP contribution in [0.2, 0.25) is 0 Å². The first-order valence-electron chi connectivity index (χ1n) is 12.9. The van der Waals surface area contributed by atoms with Crippen molar-refractivity contribution in [2.45, 2.75) is 141 Å². The van der Waals surface area contributed by atoms with Gasteiger partial charge in [-0.1, -0.05) is 0 Å². The molecule has 8 nitrogen and oxygen atoms in total. The molecule has 4 heterocycles. The minimum Gasteiger partial charge on any atom is -0.461 e. The molecule has 0 aromatic rings. The first-order valence-corrected chi connectivity index (χ1v) is 12.9. The van der Waals surface area contributed by atoms with E-state index in [1.54, 1.807) is 0 Å². The molecular weight excluding hydrogens is 432 g/mol. The molecule has 34 heavy (non-hydrogen) atoms. The van der Waals surface area contributed by atoms with Crippen LogP contribution in [0.5, 0.6) is 0 Å². The first-order chi connectivity index (χ1) is 15.3. The number of ether oxygens (including phenoxy) is 2. The summed E-state index contributed by atoms with van der Waals surface area (Å²) in [5, 5.41) is 14.6. The quantitative estimate of drug-likeness (QED) is 0.327. The Hall–Kier alpha value is -1.22. The number of hydrogen-bond donors (Lipinski definition) is 4. The summed E-state index contributed by atoms with van der Waals surface area (Å²) in [6.45, 7) is 21.5. The van der Waals surface area contributed by atoms with Gasteiger partial charge >= 0.3 is 11.9 Å². The van der Waals surface area contributed by atoms with Gasteiger partial charge in [-0.25, -0.2) is 0 Å². The van der Waals surface area contributed by atoms with Crippen LogP contribution in [0, 0.1) is 11.8 Å². The largest absolute Gasteiger partial charge is 0.461 e. The highest BCUT2D eigenvalue weighted by Gasteiger charge is 2.63. The van der Waals surface area contributed by atoms with Gasteiger partial charge in [-0.05, 0) is 94.9 Å². The molecule has 8 heteroatoms. The van der Waals surface area contributed by atoms with Gasteiger partial charge in [0.2, 0.25) is 0 Å². The zero-order chi connectivity index (χ0) is 25.5. The van der Waals surface area contributed by atoms with E-state index >= 15 is 0 Å². The second kappa shape index (κ2) is 7.64. The van der Waals surface area contributed by atoms with E-state index in [9.17, 15) is 9.59 Å². The molecule has 0 bridgehead atoms. The number of carbonyl (C=O) groups excluding carboxylic acids is 2. The van der Waals surface area contributed by atoms with Crippen molar-refractivity contribution >= 4 is 11.9 Å². The molecule has 4 atom stereocenters. The van der Waals surface area contributed by atoms with Gasteiger partial charge in [0.15, 0.2) is 0 Å². The lowest BCUT2D eigenvalue weighted by atomic mass is 9.80. The minimum absolute atomic E-state index is 0.0979. The lowest BCUT2D eigenvalue weighted by molar-refractivity contribution is -0.197. The van der Waals surface area contributed by atoms with Gasteiger partial charge in [-0.3, -0.25) is 30.9 Å². The SMILES string of the molecule is CC1(C2C(=O)OC2CCCCC2OC(=O)C2C2(C)NC(C)(C)C(C)(C)N2)NC(C)(C)C(C)(C)N1. The summed E-state index contributed by atoms with van der Waals surface area (Å²) in [5.41, 5.74) is -1.56. The summed E-state index contributed by atoms with van der Waals surface area (Å²) < 4.78 is 11.1. The summed E-state index contributed by atoms with van der Waals surface area (Å²) in [7, 11) is 0. The third-order valence-electron chi connectivity index (χ3n) is 9.67. The smallest absolute Gasteiger partial charge is 0.316 e. The molecule has 4 fully saturated rings. The summed E-state index contributed by atoms with van der Waals surface area (Å²) in [5.74, 6) is -0.688. The Morgan fingerprint density at radius 2 is 0.824 bits per heavy atom. The highest BCUT2D eigenvalue weighted by atomic mass is 16.6. The Morgan fingerprint density at radius 3 is 1.06 bits per heavy atom. The fourth-order valence-corrected chi connectivity index (χ4v) is 6.69. The number of carbonyl (C=O) groups is 2. The maximum absolute atomic E-state index is 12.4. The van der Waals surface area contributed by atoms with Crippen LogP contribution in [0.25, 0.3) is 0 Å². The van der Waals surface area contributed by atoms with Crippen LogP contribution in [0.3, 0.4) is 0 Å². The third-order valence-corrected chi connectivity index (χ3v) is 9.67. The van der Waals surface area contributed by atoms with Crippen molar-refractivity contribution < 1.29 is 19.1 Å². The predicted molar refractivity (Wildman–Crippen MR) is 131 cm³/mol. The van der Waals surface area contributed by atoms with Crippen molar-refractivity contribution in [3.63, 3.8) is 0 Å². The lowest BCUT2D eigenvalue weighted by Crippen LogP contribution is -2.67. The normalized spacial score (nSPS) is 37.9. The van der Waals surface area contributed by atoms with Crippen molar-refractivity contribution in [3.8, 4) is 0 Å². The summed E-state index contributed by atoms with van der Waals surface area (Å²) >= 11 is 0. The molecule has 4 aliphatic heterocycles. The van der Waals surface area contributed by atoms with Crippen LogP contribution in [-0.2, 0) is 19.1 Å². The Kier molecular flexibility index (Phi) is 5.81. The van der Waals surface area contributed by atoms with E-state index < -0.39 is 11.3 Å². The molecule has 0 saturated carbocycles. The first kappa shape index (κ1) is 25.9. The van der Waals surface area contributed by atoms with Crippen LogP contribution < -0.4 is 21.3 Å². The van der Waals surface area contributed by atoms with E-state index in [1.807, 2.05) is 0 Å². The van der Waals surface area contributed by atoms with Crippen LogP contribution in [0.1, 0.15) is 94.9 Å². The highest BCUT2D eigenvalue weighted by molar-refractivity contribution is 5.81. The van der Waals surface area contributed by atoms with Crippen LogP contribution >= 0.6 is 0 Å². The molecule has 0 aromatic heterocycles. The molecule has 4 rings (SSSR count). The third kappa shape index (κ3) is 3.89. The van der Waals surface area contributed by atoms with Crippen LogP contribution in [0.4, 0.5) is 0 Å². The zero-order valence-electron chi connectivity index (χ0n) is 22.8. The van der Waals surface area contributed by atoms with E-state index in [0.29, 0.717) is 0 Å². The summed E-state index contributed by atoms with van der Waals surface area (Å²) in [4.78, 5) is 24.9. The number of rotatable bonds is 7. The fourth-order valence-electron chi connectivity index (χ4n) is 6.69. The Bertz CT molecular complexity index is 763. The van der Waals surface area contributed by atoms with E-state index in [0.717, 1.165) is 25.7 Å². The van der Waals surface area contributed by atoms with E-state index in [-0.39, 0.29) is 58.1 Å². The molecule has 4 saturated heterocycles. The summed E-state index contributed by atoms with van der Waals surface area (Å²) in [6.07, 6.45) is 3.28. The van der Waals surface area contributed by atoms with Crippen molar-refractivity contribution in [2.75, 3.05) is 0 Å². The molecule has 0 spiro atoms. The van der Waals surface area contributed by atoms with Crippen LogP contribution in [0.15, 0.2) is 0 Å². The Labute approximate surface area is 205 Å². The average molecular weight is 479 g/mol. The standard InChI is InChI=1S/C26H46N4O4/c1-21(2)22(3,4)28-25(9,27-21)17-15(33-19(17)31)13-11-12-14-16-18(20(32)34-16)26(10)29-23(5,6)24(7,8)30-26/h15-18,27-30H,11-14H2,1-10H3. The summed E-state index contributed by atoms with van der Waals surface area (Å²) in [6, 6.07) is 0. The topological polar surface area (TPSA) is 101 Å². The van der Waals surface area contributed by atoms with E-state index in [2.05, 4.69) is 90.5 Å². The number of cyclic esters (lactones) is 2. The molecule has 4 N–H and O–H groups in total. The fraction of sp³-hybridized carbons (Fsp3) is 0.923. The molecule has 0 amide bonds. The number of hydrogen-bond acceptors (Lipinski definition) is 8. The predicted octanol–water partition coefficient (Wildman–Crippen LogP) is 2.56. The molecule has 4 unspecified atom stereocenters. The van der Waals surface area contributed by atoms with E-state index in [1.165, 1.54) is 0 Å². The molecule has 4 aliphatic rings. The second-order valence-electron chi connectivity index (χ2n) is 13.6. The molecular formula is C26H46N4O4. The molecule has 0 radical (unpaired) electrons. The monoisotopic (exact) mass is 478 g/mol. The number of esters is 2. The number of nitrogens with one attached hydrogen (secondary N) is 4. The maximum atomic E-state index is 12.4.